The van der Waals surface area contributed by atoms with Gasteiger partial charge in [0.2, 0.25) is 0 Å². The highest BCUT2D eigenvalue weighted by atomic mass is 28.3. The molecule has 13 rings (SSSR count). The third kappa shape index (κ3) is 4.93. The molecule has 64 heavy (non-hydrogen) atoms. The van der Waals surface area contributed by atoms with E-state index in [1.54, 1.807) is 0 Å². The predicted octanol–water partition coefficient (Wildman–Crippen LogP) is 11.7. The van der Waals surface area contributed by atoms with Crippen LogP contribution >= 0.6 is 0 Å². The molecule has 3 nitrogen and oxygen atoms in total. The van der Waals surface area contributed by atoms with Crippen LogP contribution in [0.4, 0.5) is 51.2 Å². The Morgan fingerprint density at radius 1 is 0.422 bits per heavy atom. The monoisotopic (exact) mass is 835 g/mol. The van der Waals surface area contributed by atoms with Crippen LogP contribution in [0.2, 0.25) is 13.1 Å². The Morgan fingerprint density at radius 2 is 0.922 bits per heavy atom. The van der Waals surface area contributed by atoms with Crippen LogP contribution in [-0.2, 0) is 5.41 Å². The van der Waals surface area contributed by atoms with E-state index in [2.05, 4.69) is 248 Å². The predicted molar refractivity (Wildman–Crippen MR) is 273 cm³/mol. The lowest BCUT2D eigenvalue weighted by molar-refractivity contribution is 0.736. The molecule has 0 saturated carbocycles. The number of benzene rings is 9. The molecule has 0 amide bonds. The molecule has 0 bridgehead atoms. The van der Waals surface area contributed by atoms with Gasteiger partial charge in [-0.2, -0.15) is 0 Å². The van der Waals surface area contributed by atoms with E-state index in [4.69, 9.17) is 0 Å². The highest BCUT2D eigenvalue weighted by molar-refractivity contribution is 7.02. The largest absolute Gasteiger partial charge is 0.311 e. The van der Waals surface area contributed by atoms with Gasteiger partial charge in [0, 0.05) is 39.8 Å². The van der Waals surface area contributed by atoms with Crippen LogP contribution in [-0.4, -0.2) is 14.8 Å². The first-order valence-corrected chi connectivity index (χ1v) is 25.6. The maximum atomic E-state index is 2.66. The Morgan fingerprint density at radius 3 is 1.56 bits per heavy atom. The number of nitrogens with zero attached hydrogens (tertiary/aromatic N) is 3. The number of rotatable bonds is 4. The first kappa shape index (κ1) is 37.2. The van der Waals surface area contributed by atoms with Crippen molar-refractivity contribution in [2.45, 2.75) is 32.4 Å². The molecule has 4 aliphatic heterocycles. The van der Waals surface area contributed by atoms with Crippen LogP contribution in [0.1, 0.15) is 33.4 Å². The van der Waals surface area contributed by atoms with Gasteiger partial charge in [0.1, 0.15) is 8.07 Å². The average Bonchev–Trinajstić information content (AvgIpc) is 3.33. The Bertz CT molecular complexity index is 3260. The molecule has 4 heterocycles. The first-order valence-electron chi connectivity index (χ1n) is 22.6. The van der Waals surface area contributed by atoms with Gasteiger partial charge >= 0.3 is 0 Å². The molecule has 9 aromatic carbocycles. The van der Waals surface area contributed by atoms with E-state index >= 15 is 0 Å². The van der Waals surface area contributed by atoms with E-state index in [0.29, 0.717) is 0 Å². The topological polar surface area (TPSA) is 9.72 Å². The molecule has 9 aromatic rings. The lowest BCUT2D eigenvalue weighted by Crippen LogP contribution is -2.65. The van der Waals surface area contributed by atoms with Crippen molar-refractivity contribution in [3.63, 3.8) is 0 Å². The first-order chi connectivity index (χ1) is 31.4. The number of hydrogen-bond donors (Lipinski definition) is 0. The van der Waals surface area contributed by atoms with Gasteiger partial charge in [-0.1, -0.05) is 170 Å². The lowest BCUT2D eigenvalue weighted by Gasteiger charge is -2.54. The number of fused-ring (bicyclic) bond motifs is 12. The fraction of sp³-hybridized carbons (Fsp3) is 0.0847. The second kappa shape index (κ2) is 13.6. The zero-order valence-electron chi connectivity index (χ0n) is 36.5. The summed E-state index contributed by atoms with van der Waals surface area (Å²) in [4.78, 5) is 7.63. The lowest BCUT2D eigenvalue weighted by atomic mass is 9.33. The standard InChI is InChI=1S/C59H46BN3Si/c1-39-29-33-42(34-30-39)61(43-35-31-40(2)32-36-43)44-37-53-57-54(38-44)63-51-25-12-8-19-45(51)59(46-20-9-14-27-55(46)64(3,4)56-28-15-10-21-47(56)59)48-22-16-24-50(58(48)63)60(57)49-23-11-13-26-52(49)62(53)41-17-6-5-7-18-41/h5-38H,1-4H3. The van der Waals surface area contributed by atoms with Crippen LogP contribution in [0.25, 0.3) is 0 Å². The maximum Gasteiger partial charge on any atom is 0.252 e. The number of aryl methyl sites for hydroxylation is 2. The van der Waals surface area contributed by atoms with Gasteiger partial charge in [-0.05, 0) is 124 Å². The molecule has 0 saturated heterocycles. The van der Waals surface area contributed by atoms with Gasteiger partial charge in [0.05, 0.1) is 16.8 Å². The van der Waals surface area contributed by atoms with Crippen molar-refractivity contribution in [2.24, 2.45) is 0 Å². The second-order valence-electron chi connectivity index (χ2n) is 18.6. The van der Waals surface area contributed by atoms with Crippen LogP contribution in [0.5, 0.6) is 0 Å². The number of para-hydroxylation sites is 4. The van der Waals surface area contributed by atoms with E-state index in [0.717, 1.165) is 22.7 Å². The maximum absolute atomic E-state index is 2.66. The van der Waals surface area contributed by atoms with Gasteiger partial charge in [-0.3, -0.25) is 0 Å². The SMILES string of the molecule is Cc1ccc(N(c2ccc(C)cc2)c2cc3c4c(c2)N2c5ccccc5C5(c6ccccc6[Si](C)(C)c6ccccc65)c5cccc(c52)B4c2ccccc2N3c2ccccc2)cc1. The molecule has 0 fully saturated rings. The Balaban J connectivity index is 1.18. The van der Waals surface area contributed by atoms with E-state index in [1.165, 1.54) is 88.6 Å². The summed E-state index contributed by atoms with van der Waals surface area (Å²) >= 11 is 0. The molecule has 0 aliphatic carbocycles. The van der Waals surface area contributed by atoms with E-state index in [1.807, 2.05) is 0 Å². The summed E-state index contributed by atoms with van der Waals surface area (Å²) in [7, 11) is -2.09. The minimum atomic E-state index is -2.09. The summed E-state index contributed by atoms with van der Waals surface area (Å²) in [6, 6.07) is 78.5. The van der Waals surface area contributed by atoms with Gasteiger partial charge in [-0.25, -0.2) is 0 Å². The summed E-state index contributed by atoms with van der Waals surface area (Å²) in [5.74, 6) is 0. The quantitative estimate of drug-likeness (QED) is 0.164. The number of hydrogen-bond acceptors (Lipinski definition) is 3. The Labute approximate surface area is 377 Å². The fourth-order valence-electron chi connectivity index (χ4n) is 12.1. The van der Waals surface area contributed by atoms with E-state index in [-0.39, 0.29) is 6.71 Å². The number of anilines is 9. The smallest absolute Gasteiger partial charge is 0.252 e. The van der Waals surface area contributed by atoms with Crippen molar-refractivity contribution < 1.29 is 0 Å². The third-order valence-corrected chi connectivity index (χ3v) is 18.4. The van der Waals surface area contributed by atoms with Gasteiger partial charge in [-0.15, -0.1) is 0 Å². The van der Waals surface area contributed by atoms with Gasteiger partial charge in [0.15, 0.2) is 0 Å². The van der Waals surface area contributed by atoms with Gasteiger partial charge < -0.3 is 14.7 Å². The summed E-state index contributed by atoms with van der Waals surface area (Å²) in [6.45, 7) is 9.42. The van der Waals surface area contributed by atoms with Crippen molar-refractivity contribution in [3.8, 4) is 0 Å². The fourth-order valence-corrected chi connectivity index (χ4v) is 15.3. The summed E-state index contributed by atoms with van der Waals surface area (Å²) < 4.78 is 0. The Kier molecular flexibility index (Phi) is 7.90. The van der Waals surface area contributed by atoms with Gasteiger partial charge in [0.25, 0.3) is 6.71 Å². The summed E-state index contributed by atoms with van der Waals surface area (Å²) in [6.07, 6.45) is 0. The molecule has 0 radical (unpaired) electrons. The molecule has 1 spiro atoms. The molecule has 0 aromatic heterocycles. The molecule has 0 N–H and O–H groups in total. The van der Waals surface area contributed by atoms with Crippen LogP contribution < -0.4 is 41.5 Å². The highest BCUT2D eigenvalue weighted by Gasteiger charge is 2.56. The van der Waals surface area contributed by atoms with Crippen LogP contribution in [0.15, 0.2) is 206 Å². The molecule has 0 unspecified atom stereocenters. The van der Waals surface area contributed by atoms with Crippen molar-refractivity contribution in [2.75, 3.05) is 14.7 Å². The molecule has 5 heteroatoms. The second-order valence-corrected chi connectivity index (χ2v) is 23.0. The highest BCUT2D eigenvalue weighted by Crippen LogP contribution is 2.60. The van der Waals surface area contributed by atoms with Crippen molar-refractivity contribution in [1.29, 1.82) is 0 Å². The minimum Gasteiger partial charge on any atom is -0.311 e. The normalized spacial score (nSPS) is 15.0. The minimum absolute atomic E-state index is 0.00387. The summed E-state index contributed by atoms with van der Waals surface area (Å²) in [5, 5.41) is 3.03. The molecule has 4 aliphatic rings. The molecular formula is C59H46BN3Si. The van der Waals surface area contributed by atoms with Crippen molar-refractivity contribution >= 4 is 92.7 Å². The van der Waals surface area contributed by atoms with Crippen LogP contribution in [0.3, 0.4) is 0 Å². The molecular weight excluding hydrogens is 790 g/mol. The van der Waals surface area contributed by atoms with Crippen molar-refractivity contribution in [3.05, 3.63) is 240 Å². The Hall–Kier alpha value is -7.34. The summed E-state index contributed by atoms with van der Waals surface area (Å²) in [5.41, 5.74) is 22.1. The van der Waals surface area contributed by atoms with E-state index in [9.17, 15) is 0 Å². The average molecular weight is 836 g/mol. The zero-order valence-corrected chi connectivity index (χ0v) is 37.5. The zero-order chi connectivity index (χ0) is 42.9. The van der Waals surface area contributed by atoms with Crippen LogP contribution in [0, 0.1) is 13.8 Å². The van der Waals surface area contributed by atoms with E-state index < -0.39 is 13.5 Å². The van der Waals surface area contributed by atoms with Crippen molar-refractivity contribution in [1.82, 2.24) is 0 Å². The molecule has 304 valence electrons. The third-order valence-electron chi connectivity index (χ3n) is 14.8. The molecule has 0 atom stereocenters.